The van der Waals surface area contributed by atoms with Gasteiger partial charge in [0.1, 0.15) is 5.76 Å². The molecule has 58 valence electrons. The van der Waals surface area contributed by atoms with E-state index in [-0.39, 0.29) is 0 Å². The molecule has 0 atom stereocenters. The summed E-state index contributed by atoms with van der Waals surface area (Å²) in [6.07, 6.45) is 7.63. The topological polar surface area (TPSA) is 25.2 Å². The predicted octanol–water partition coefficient (Wildman–Crippen LogP) is 1.04. The lowest BCUT2D eigenvalue weighted by molar-refractivity contribution is 0.502. The highest BCUT2D eigenvalue weighted by Crippen LogP contribution is 1.98. The second-order valence-corrected chi connectivity index (χ2v) is 2.21. The van der Waals surface area contributed by atoms with E-state index in [0.717, 1.165) is 18.7 Å². The van der Waals surface area contributed by atoms with E-state index in [0.29, 0.717) is 6.54 Å². The fourth-order valence-corrected chi connectivity index (χ4v) is 0.827. The minimum absolute atomic E-state index is 0.626. The second-order valence-electron chi connectivity index (χ2n) is 2.21. The Balaban J connectivity index is 2.10. The molecule has 0 aliphatic carbocycles. The van der Waals surface area contributed by atoms with Gasteiger partial charge < -0.3 is 9.73 Å². The Bertz CT molecular complexity index is 220. The summed E-state index contributed by atoms with van der Waals surface area (Å²) >= 11 is 0. The quantitative estimate of drug-likeness (QED) is 0.511. The van der Waals surface area contributed by atoms with Gasteiger partial charge in [0.2, 0.25) is 0 Å². The third-order valence-corrected chi connectivity index (χ3v) is 1.36. The third kappa shape index (κ3) is 2.92. The summed E-state index contributed by atoms with van der Waals surface area (Å²) in [4.78, 5) is 0. The Morgan fingerprint density at radius 1 is 1.64 bits per heavy atom. The summed E-state index contributed by atoms with van der Waals surface area (Å²) in [5, 5.41) is 3.08. The average Bonchev–Trinajstić information content (AvgIpc) is 2.50. The molecule has 2 nitrogen and oxygen atoms in total. The second kappa shape index (κ2) is 4.59. The number of terminal acetylenes is 1. The molecule has 0 aliphatic rings. The summed E-state index contributed by atoms with van der Waals surface area (Å²) in [6, 6.07) is 3.84. The molecule has 0 aromatic carbocycles. The summed E-state index contributed by atoms with van der Waals surface area (Å²) < 4.78 is 5.12. The first-order valence-electron chi connectivity index (χ1n) is 3.60. The van der Waals surface area contributed by atoms with Crippen molar-refractivity contribution in [2.24, 2.45) is 0 Å². The molecule has 0 bridgehead atoms. The molecule has 0 saturated heterocycles. The zero-order valence-corrected chi connectivity index (χ0v) is 6.34. The van der Waals surface area contributed by atoms with E-state index in [1.54, 1.807) is 6.26 Å². The Morgan fingerprint density at radius 3 is 3.18 bits per heavy atom. The highest BCUT2D eigenvalue weighted by molar-refractivity contribution is 4.98. The normalized spacial score (nSPS) is 9.36. The highest BCUT2D eigenvalue weighted by atomic mass is 16.3. The number of hydrogen-bond acceptors (Lipinski definition) is 2. The van der Waals surface area contributed by atoms with Gasteiger partial charge in [-0.25, -0.2) is 0 Å². The largest absolute Gasteiger partial charge is 0.469 e. The third-order valence-electron chi connectivity index (χ3n) is 1.36. The lowest BCUT2D eigenvalue weighted by Gasteiger charge is -1.96. The van der Waals surface area contributed by atoms with Gasteiger partial charge in [0.25, 0.3) is 0 Å². The molecule has 0 unspecified atom stereocenters. The van der Waals surface area contributed by atoms with Crippen LogP contribution >= 0.6 is 0 Å². The number of nitrogens with one attached hydrogen (secondary N) is 1. The van der Waals surface area contributed by atoms with E-state index in [9.17, 15) is 0 Å². The van der Waals surface area contributed by atoms with Gasteiger partial charge in [-0.1, -0.05) is 5.92 Å². The van der Waals surface area contributed by atoms with Crippen molar-refractivity contribution in [2.75, 3.05) is 13.1 Å². The van der Waals surface area contributed by atoms with Crippen LogP contribution in [-0.2, 0) is 6.42 Å². The molecular formula is C9H11NO. The highest BCUT2D eigenvalue weighted by Gasteiger charge is 1.92. The van der Waals surface area contributed by atoms with Crippen LogP contribution in [0.2, 0.25) is 0 Å². The molecule has 1 N–H and O–H groups in total. The van der Waals surface area contributed by atoms with Crippen molar-refractivity contribution in [1.29, 1.82) is 0 Å². The summed E-state index contributed by atoms with van der Waals surface area (Å²) in [5.41, 5.74) is 0. The smallest absolute Gasteiger partial charge is 0.105 e. The van der Waals surface area contributed by atoms with E-state index in [2.05, 4.69) is 11.2 Å². The molecule has 0 saturated carbocycles. The first-order valence-corrected chi connectivity index (χ1v) is 3.60. The van der Waals surface area contributed by atoms with Crippen LogP contribution in [0.1, 0.15) is 5.76 Å². The van der Waals surface area contributed by atoms with Crippen molar-refractivity contribution in [3.63, 3.8) is 0 Å². The first-order chi connectivity index (χ1) is 5.43. The fourth-order valence-electron chi connectivity index (χ4n) is 0.827. The molecule has 0 spiro atoms. The van der Waals surface area contributed by atoms with Crippen LogP contribution in [0.3, 0.4) is 0 Å². The van der Waals surface area contributed by atoms with Crippen LogP contribution in [0.15, 0.2) is 22.8 Å². The zero-order chi connectivity index (χ0) is 7.94. The maximum atomic E-state index is 5.12. The summed E-state index contributed by atoms with van der Waals surface area (Å²) in [7, 11) is 0. The van der Waals surface area contributed by atoms with Crippen molar-refractivity contribution < 1.29 is 4.42 Å². The van der Waals surface area contributed by atoms with Crippen LogP contribution in [0.4, 0.5) is 0 Å². The Morgan fingerprint density at radius 2 is 2.55 bits per heavy atom. The predicted molar refractivity (Wildman–Crippen MR) is 44.1 cm³/mol. The van der Waals surface area contributed by atoms with Crippen LogP contribution in [0.25, 0.3) is 0 Å². The molecule has 1 aromatic heterocycles. The lowest BCUT2D eigenvalue weighted by Crippen LogP contribution is -2.16. The minimum atomic E-state index is 0.626. The van der Waals surface area contributed by atoms with E-state index in [4.69, 9.17) is 10.8 Å². The summed E-state index contributed by atoms with van der Waals surface area (Å²) in [6.45, 7) is 1.50. The Hall–Kier alpha value is -1.20. The van der Waals surface area contributed by atoms with Crippen LogP contribution in [0, 0.1) is 12.3 Å². The van der Waals surface area contributed by atoms with Gasteiger partial charge in [-0.05, 0) is 12.1 Å². The van der Waals surface area contributed by atoms with Gasteiger partial charge >= 0.3 is 0 Å². The van der Waals surface area contributed by atoms with Gasteiger partial charge in [-0.2, -0.15) is 0 Å². The number of hydrogen-bond donors (Lipinski definition) is 1. The molecule has 2 heteroatoms. The molecule has 1 aromatic rings. The molecule has 0 amide bonds. The molecule has 0 radical (unpaired) electrons. The van der Waals surface area contributed by atoms with Crippen LogP contribution < -0.4 is 5.32 Å². The molecular weight excluding hydrogens is 138 g/mol. The van der Waals surface area contributed by atoms with Gasteiger partial charge in [0.15, 0.2) is 0 Å². The van der Waals surface area contributed by atoms with Crippen molar-refractivity contribution >= 4 is 0 Å². The van der Waals surface area contributed by atoms with Crippen molar-refractivity contribution in [3.8, 4) is 12.3 Å². The minimum Gasteiger partial charge on any atom is -0.469 e. The Kier molecular flexibility index (Phi) is 3.30. The number of furan rings is 1. The van der Waals surface area contributed by atoms with Crippen LogP contribution in [-0.4, -0.2) is 13.1 Å². The van der Waals surface area contributed by atoms with Gasteiger partial charge in [0, 0.05) is 13.0 Å². The first kappa shape index (κ1) is 7.90. The molecule has 1 heterocycles. The standard InChI is InChI=1S/C9H11NO/c1-2-6-10-7-5-9-4-3-8-11-9/h1,3-4,8,10H,5-7H2. The Labute approximate surface area is 66.6 Å². The summed E-state index contributed by atoms with van der Waals surface area (Å²) in [5.74, 6) is 3.50. The molecule has 1 rings (SSSR count). The molecule has 0 aliphatic heterocycles. The molecule has 11 heavy (non-hydrogen) atoms. The number of rotatable bonds is 4. The monoisotopic (exact) mass is 149 g/mol. The van der Waals surface area contributed by atoms with E-state index in [1.165, 1.54) is 0 Å². The van der Waals surface area contributed by atoms with Gasteiger partial charge in [-0.3, -0.25) is 0 Å². The van der Waals surface area contributed by atoms with Gasteiger partial charge in [-0.15, -0.1) is 6.42 Å². The van der Waals surface area contributed by atoms with E-state index < -0.39 is 0 Å². The lowest BCUT2D eigenvalue weighted by atomic mass is 10.3. The van der Waals surface area contributed by atoms with Gasteiger partial charge in [0.05, 0.1) is 12.8 Å². The molecule has 0 fully saturated rings. The van der Waals surface area contributed by atoms with E-state index >= 15 is 0 Å². The van der Waals surface area contributed by atoms with Crippen molar-refractivity contribution in [1.82, 2.24) is 5.32 Å². The maximum Gasteiger partial charge on any atom is 0.105 e. The zero-order valence-electron chi connectivity index (χ0n) is 6.34. The average molecular weight is 149 g/mol. The SMILES string of the molecule is C#CCNCCc1ccco1. The maximum absolute atomic E-state index is 5.12. The fraction of sp³-hybridized carbons (Fsp3) is 0.333. The van der Waals surface area contributed by atoms with E-state index in [1.807, 2.05) is 12.1 Å². The van der Waals surface area contributed by atoms with Crippen LogP contribution in [0.5, 0.6) is 0 Å². The van der Waals surface area contributed by atoms with Crippen molar-refractivity contribution in [3.05, 3.63) is 24.2 Å². The van der Waals surface area contributed by atoms with Crippen molar-refractivity contribution in [2.45, 2.75) is 6.42 Å².